The summed E-state index contributed by atoms with van der Waals surface area (Å²) in [5.41, 5.74) is 0. The number of sulfonamides is 1. The van der Waals surface area contributed by atoms with Crippen molar-refractivity contribution in [3.05, 3.63) is 24.1 Å². The van der Waals surface area contributed by atoms with E-state index in [1.807, 2.05) is 4.90 Å². The van der Waals surface area contributed by atoms with E-state index >= 15 is 0 Å². The van der Waals surface area contributed by atoms with Crippen LogP contribution in [0.3, 0.4) is 0 Å². The molecule has 19 heavy (non-hydrogen) atoms. The van der Waals surface area contributed by atoms with E-state index in [-0.39, 0.29) is 0 Å². The molecule has 0 saturated carbocycles. The van der Waals surface area contributed by atoms with Gasteiger partial charge in [-0.3, -0.25) is 4.90 Å². The first-order valence-corrected chi connectivity index (χ1v) is 7.26. The van der Waals surface area contributed by atoms with E-state index in [2.05, 4.69) is 10.9 Å². The Balaban J connectivity index is 2.15. The topological polar surface area (TPSA) is 53.5 Å². The number of rotatable bonds is 3. The zero-order chi connectivity index (χ0) is 13.9. The molecule has 2 rings (SSSR count). The van der Waals surface area contributed by atoms with E-state index in [1.54, 1.807) is 0 Å². The molecule has 102 valence electrons. The first kappa shape index (κ1) is 13.9. The van der Waals surface area contributed by atoms with Crippen molar-refractivity contribution in [2.75, 3.05) is 32.7 Å². The number of pyridine rings is 1. The van der Waals surface area contributed by atoms with Gasteiger partial charge in [0, 0.05) is 32.4 Å². The van der Waals surface area contributed by atoms with Crippen molar-refractivity contribution >= 4 is 10.0 Å². The Hall–Kier alpha value is -1.49. The Kier molecular flexibility index (Phi) is 4.14. The molecule has 5 nitrogen and oxygen atoms in total. The summed E-state index contributed by atoms with van der Waals surface area (Å²) in [5.74, 6) is 1.69. The lowest BCUT2D eigenvalue weighted by Gasteiger charge is -2.32. The quantitative estimate of drug-likeness (QED) is 0.742. The molecular formula is C12H14FN3O2S. The molecule has 1 aliphatic rings. The molecule has 0 N–H and O–H groups in total. The Morgan fingerprint density at radius 1 is 1.37 bits per heavy atom. The van der Waals surface area contributed by atoms with Crippen LogP contribution in [0.5, 0.6) is 0 Å². The van der Waals surface area contributed by atoms with Crippen molar-refractivity contribution in [2.24, 2.45) is 0 Å². The third-order valence-corrected chi connectivity index (χ3v) is 4.79. The van der Waals surface area contributed by atoms with Crippen LogP contribution in [0.2, 0.25) is 0 Å². The second-order valence-electron chi connectivity index (χ2n) is 4.17. The molecule has 1 aromatic rings. The first-order chi connectivity index (χ1) is 9.05. The van der Waals surface area contributed by atoms with Gasteiger partial charge in [-0.15, -0.1) is 6.42 Å². The standard InChI is InChI=1S/C12H14FN3O2S/c1-2-6-15-7-9-16(10-8-15)19(17,18)12-11(13)4-3-5-14-12/h1,3-5H,6-10H2. The third-order valence-electron chi connectivity index (χ3n) is 2.96. The molecule has 7 heteroatoms. The highest BCUT2D eigenvalue weighted by Crippen LogP contribution is 2.17. The number of hydrogen-bond donors (Lipinski definition) is 0. The molecule has 0 unspecified atom stereocenters. The molecule has 1 aromatic heterocycles. The SMILES string of the molecule is C#CCN1CCN(S(=O)(=O)c2ncccc2F)CC1. The predicted molar refractivity (Wildman–Crippen MR) is 68.2 cm³/mol. The van der Waals surface area contributed by atoms with E-state index < -0.39 is 20.9 Å². The Bertz CT molecular complexity index is 589. The summed E-state index contributed by atoms with van der Waals surface area (Å²) in [6, 6.07) is 2.45. The van der Waals surface area contributed by atoms with Crippen LogP contribution < -0.4 is 0 Å². The van der Waals surface area contributed by atoms with Crippen LogP contribution in [0.4, 0.5) is 4.39 Å². The smallest absolute Gasteiger partial charge is 0.263 e. The average Bonchev–Trinajstić information content (AvgIpc) is 2.40. The van der Waals surface area contributed by atoms with Gasteiger partial charge in [-0.25, -0.2) is 17.8 Å². The van der Waals surface area contributed by atoms with Gasteiger partial charge in [-0.2, -0.15) is 4.31 Å². The van der Waals surface area contributed by atoms with Gasteiger partial charge < -0.3 is 0 Å². The van der Waals surface area contributed by atoms with E-state index in [0.29, 0.717) is 32.7 Å². The number of terminal acetylenes is 1. The minimum atomic E-state index is -3.86. The van der Waals surface area contributed by atoms with Gasteiger partial charge in [-0.05, 0) is 12.1 Å². The number of piperazine rings is 1. The summed E-state index contributed by atoms with van der Waals surface area (Å²) in [6.07, 6.45) is 6.48. The number of halogens is 1. The van der Waals surface area contributed by atoms with Gasteiger partial charge >= 0.3 is 0 Å². The van der Waals surface area contributed by atoms with Crippen LogP contribution in [0.25, 0.3) is 0 Å². The van der Waals surface area contributed by atoms with Crippen LogP contribution in [0, 0.1) is 18.2 Å². The maximum Gasteiger partial charge on any atom is 0.263 e. The Morgan fingerprint density at radius 3 is 2.63 bits per heavy atom. The van der Waals surface area contributed by atoms with Gasteiger partial charge in [0.2, 0.25) is 5.03 Å². The van der Waals surface area contributed by atoms with Crippen molar-refractivity contribution in [3.8, 4) is 12.3 Å². The molecule has 0 radical (unpaired) electrons. The fourth-order valence-electron chi connectivity index (χ4n) is 1.94. The van der Waals surface area contributed by atoms with Gasteiger partial charge in [0.05, 0.1) is 6.54 Å². The van der Waals surface area contributed by atoms with E-state index in [1.165, 1.54) is 16.6 Å². The summed E-state index contributed by atoms with van der Waals surface area (Å²) in [6.45, 7) is 2.15. The average molecular weight is 283 g/mol. The van der Waals surface area contributed by atoms with Crippen molar-refractivity contribution in [1.29, 1.82) is 0 Å². The second-order valence-corrected chi connectivity index (χ2v) is 6.03. The normalized spacial score (nSPS) is 18.1. The van der Waals surface area contributed by atoms with Gasteiger partial charge in [0.25, 0.3) is 10.0 Å². The third kappa shape index (κ3) is 2.92. The molecular weight excluding hydrogens is 269 g/mol. The van der Waals surface area contributed by atoms with Gasteiger partial charge in [-0.1, -0.05) is 5.92 Å². The lowest BCUT2D eigenvalue weighted by Crippen LogP contribution is -2.48. The van der Waals surface area contributed by atoms with Gasteiger partial charge in [0.15, 0.2) is 5.82 Å². The van der Waals surface area contributed by atoms with Crippen LogP contribution in [0.1, 0.15) is 0 Å². The van der Waals surface area contributed by atoms with Crippen LogP contribution in [0.15, 0.2) is 23.4 Å². The minimum Gasteiger partial charge on any atom is -0.290 e. The maximum absolute atomic E-state index is 13.5. The zero-order valence-electron chi connectivity index (χ0n) is 10.3. The highest BCUT2D eigenvalue weighted by atomic mass is 32.2. The minimum absolute atomic E-state index is 0.292. The molecule has 0 spiro atoms. The van der Waals surface area contributed by atoms with Crippen molar-refractivity contribution in [1.82, 2.24) is 14.2 Å². The van der Waals surface area contributed by atoms with Gasteiger partial charge in [0.1, 0.15) is 0 Å². The van der Waals surface area contributed by atoms with Crippen molar-refractivity contribution in [3.63, 3.8) is 0 Å². The molecule has 0 aliphatic carbocycles. The first-order valence-electron chi connectivity index (χ1n) is 5.82. The van der Waals surface area contributed by atoms with Crippen LogP contribution in [-0.2, 0) is 10.0 Å². The molecule has 1 saturated heterocycles. The maximum atomic E-state index is 13.5. The molecule has 0 aromatic carbocycles. The summed E-state index contributed by atoms with van der Waals surface area (Å²) >= 11 is 0. The number of aromatic nitrogens is 1. The lowest BCUT2D eigenvalue weighted by atomic mass is 10.4. The van der Waals surface area contributed by atoms with E-state index in [4.69, 9.17) is 6.42 Å². The lowest BCUT2D eigenvalue weighted by molar-refractivity contribution is 0.206. The summed E-state index contributed by atoms with van der Waals surface area (Å²) < 4.78 is 39.2. The number of nitrogens with zero attached hydrogens (tertiary/aromatic N) is 3. The Labute approximate surface area is 112 Å². The second kappa shape index (κ2) is 5.65. The largest absolute Gasteiger partial charge is 0.290 e. The number of hydrogen-bond acceptors (Lipinski definition) is 4. The van der Waals surface area contributed by atoms with Crippen LogP contribution in [-0.4, -0.2) is 55.3 Å². The van der Waals surface area contributed by atoms with Crippen LogP contribution >= 0.6 is 0 Å². The monoisotopic (exact) mass is 283 g/mol. The molecule has 0 amide bonds. The van der Waals surface area contributed by atoms with E-state index in [9.17, 15) is 12.8 Å². The predicted octanol–water partition coefficient (Wildman–Crippen LogP) is 0.160. The van der Waals surface area contributed by atoms with Crippen molar-refractivity contribution in [2.45, 2.75) is 5.03 Å². The summed E-state index contributed by atoms with van der Waals surface area (Å²) in [7, 11) is -3.86. The molecule has 0 bridgehead atoms. The van der Waals surface area contributed by atoms with Crippen molar-refractivity contribution < 1.29 is 12.8 Å². The highest BCUT2D eigenvalue weighted by Gasteiger charge is 2.31. The molecule has 1 fully saturated rings. The molecule has 1 aliphatic heterocycles. The summed E-state index contributed by atoms with van der Waals surface area (Å²) in [4.78, 5) is 5.60. The highest BCUT2D eigenvalue weighted by molar-refractivity contribution is 7.89. The molecule has 0 atom stereocenters. The van der Waals surface area contributed by atoms with E-state index in [0.717, 1.165) is 6.07 Å². The zero-order valence-corrected chi connectivity index (χ0v) is 11.1. The summed E-state index contributed by atoms with van der Waals surface area (Å²) in [5, 5.41) is -0.514. The fourth-order valence-corrected chi connectivity index (χ4v) is 3.34. The molecule has 2 heterocycles. The Morgan fingerprint density at radius 2 is 2.05 bits per heavy atom. The fraction of sp³-hybridized carbons (Fsp3) is 0.417.